The van der Waals surface area contributed by atoms with Gasteiger partial charge in [-0.25, -0.2) is 9.78 Å². The van der Waals surface area contributed by atoms with Gasteiger partial charge in [0.05, 0.1) is 29.5 Å². The summed E-state index contributed by atoms with van der Waals surface area (Å²) in [4.78, 5) is 45.2. The van der Waals surface area contributed by atoms with Gasteiger partial charge in [-0.15, -0.1) is 0 Å². The summed E-state index contributed by atoms with van der Waals surface area (Å²) in [6.45, 7) is 6.97. The number of nitrogens with one attached hydrogen (secondary N) is 2. The molecule has 0 bridgehead atoms. The van der Waals surface area contributed by atoms with Crippen molar-refractivity contribution in [3.8, 4) is 17.3 Å². The van der Waals surface area contributed by atoms with Crippen molar-refractivity contribution in [2.75, 3.05) is 25.5 Å². The molecule has 2 aliphatic heterocycles. The van der Waals surface area contributed by atoms with Crippen LogP contribution >= 0.6 is 0 Å². The zero-order chi connectivity index (χ0) is 29.8. The number of likely N-dealkylation sites (tertiary alicyclic amines) is 1. The fourth-order valence-electron chi connectivity index (χ4n) is 6.02. The lowest BCUT2D eigenvalue weighted by atomic mass is 10.0. The molecular formula is C31H36N6O5. The molecule has 2 N–H and O–H groups in total. The Labute approximate surface area is 243 Å². The Morgan fingerprint density at radius 2 is 1.93 bits per heavy atom. The predicted molar refractivity (Wildman–Crippen MR) is 160 cm³/mol. The summed E-state index contributed by atoms with van der Waals surface area (Å²) in [5.74, 6) is 1.09. The Morgan fingerprint density at radius 3 is 2.69 bits per heavy atom. The zero-order valence-electron chi connectivity index (χ0n) is 24.6. The minimum Gasteiger partial charge on any atom is -0.494 e. The molecule has 1 fully saturated rings. The van der Waals surface area contributed by atoms with Crippen LogP contribution < -0.4 is 15.4 Å². The van der Waals surface area contributed by atoms with Crippen molar-refractivity contribution < 1.29 is 23.9 Å². The molecule has 4 heterocycles. The second-order valence-electron chi connectivity index (χ2n) is 12.0. The highest BCUT2D eigenvalue weighted by molar-refractivity contribution is 6.04. The molecule has 42 heavy (non-hydrogen) atoms. The number of hydrogen-bond donors (Lipinski definition) is 2. The van der Waals surface area contributed by atoms with Crippen molar-refractivity contribution in [2.45, 2.75) is 58.2 Å². The summed E-state index contributed by atoms with van der Waals surface area (Å²) in [5, 5.41) is 6.93. The van der Waals surface area contributed by atoms with Crippen LogP contribution in [0.2, 0.25) is 0 Å². The molecule has 11 heteroatoms. The number of rotatable bonds is 4. The summed E-state index contributed by atoms with van der Waals surface area (Å²) in [5.41, 5.74) is 3.92. The van der Waals surface area contributed by atoms with Gasteiger partial charge in [-0.05, 0) is 57.9 Å². The second-order valence-corrected chi connectivity index (χ2v) is 12.0. The molecule has 220 valence electrons. The molecule has 2 aromatic heterocycles. The summed E-state index contributed by atoms with van der Waals surface area (Å²) in [7, 11) is 3.51. The number of amides is 3. The molecule has 2 aromatic carbocycles. The molecule has 1 saturated heterocycles. The van der Waals surface area contributed by atoms with Crippen molar-refractivity contribution in [3.63, 3.8) is 0 Å². The van der Waals surface area contributed by atoms with Crippen LogP contribution in [0.3, 0.4) is 0 Å². The molecule has 0 radical (unpaired) electrons. The number of imidazole rings is 1. The fraction of sp³-hybridized carbons (Fsp3) is 0.419. The third kappa shape index (κ3) is 5.03. The number of para-hydroxylation sites is 1. The molecular weight excluding hydrogens is 536 g/mol. The summed E-state index contributed by atoms with van der Waals surface area (Å²) in [6, 6.07) is 11.3. The minimum absolute atomic E-state index is 0.0202. The molecule has 0 aliphatic carbocycles. The van der Waals surface area contributed by atoms with Crippen LogP contribution in [0.25, 0.3) is 33.5 Å². The first-order chi connectivity index (χ1) is 20.0. The summed E-state index contributed by atoms with van der Waals surface area (Å²) >= 11 is 0. The number of ether oxygens (including phenoxy) is 2. The first-order valence-electron chi connectivity index (χ1n) is 14.3. The van der Waals surface area contributed by atoms with Crippen LogP contribution in [-0.4, -0.2) is 68.8 Å². The number of piperidine rings is 1. The Balaban J connectivity index is 1.33. The highest BCUT2D eigenvalue weighted by atomic mass is 16.6. The lowest BCUT2D eigenvalue weighted by Crippen LogP contribution is -2.50. The van der Waals surface area contributed by atoms with Gasteiger partial charge in [-0.3, -0.25) is 9.59 Å². The normalized spacial score (nSPS) is 17.2. The van der Waals surface area contributed by atoms with Crippen LogP contribution in [0.15, 0.2) is 36.4 Å². The number of anilines is 1. The highest BCUT2D eigenvalue weighted by Crippen LogP contribution is 2.37. The van der Waals surface area contributed by atoms with Crippen molar-refractivity contribution in [3.05, 3.63) is 42.0 Å². The van der Waals surface area contributed by atoms with E-state index in [-0.39, 0.29) is 17.9 Å². The Hall–Kier alpha value is -4.54. The van der Waals surface area contributed by atoms with Gasteiger partial charge in [0.15, 0.2) is 5.82 Å². The van der Waals surface area contributed by atoms with Gasteiger partial charge in [0.2, 0.25) is 5.91 Å². The Kier molecular flexibility index (Phi) is 6.83. The number of hydrogen-bond acceptors (Lipinski definition) is 6. The Morgan fingerprint density at radius 1 is 1.12 bits per heavy atom. The van der Waals surface area contributed by atoms with E-state index in [2.05, 4.69) is 21.3 Å². The zero-order valence-corrected chi connectivity index (χ0v) is 24.6. The van der Waals surface area contributed by atoms with Crippen molar-refractivity contribution >= 4 is 45.5 Å². The highest BCUT2D eigenvalue weighted by Gasteiger charge is 2.29. The number of carbonyl (C=O) groups is 3. The molecule has 3 amide bonds. The van der Waals surface area contributed by atoms with E-state index in [0.717, 1.165) is 40.6 Å². The van der Waals surface area contributed by atoms with E-state index in [1.807, 2.05) is 50.6 Å². The number of aryl methyl sites for hydroxylation is 2. The number of alkyl carbamates (subject to hydrolysis) is 1. The number of fused-ring (bicyclic) bond motifs is 1. The standard InChI is InChI=1S/C31H36N6O5/c1-31(2,3)42-30(40)32-20-9-7-12-36(17-20)29(39)19-14-22-27(24(16-19)41-5)35(4)28(34-22)23-15-18-8-6-10-21-26(18)37(23)13-11-25(38)33-21/h6,8,10,14-16,20H,7,9,11-13,17H2,1-5H3,(H,32,40)(H,33,38)/t20-/m1/s1. The third-order valence-corrected chi connectivity index (χ3v) is 7.82. The van der Waals surface area contributed by atoms with Gasteiger partial charge in [0.25, 0.3) is 5.91 Å². The van der Waals surface area contributed by atoms with E-state index in [0.29, 0.717) is 48.7 Å². The number of methoxy groups -OCH3 is 1. The molecule has 0 spiro atoms. The second kappa shape index (κ2) is 10.4. The van der Waals surface area contributed by atoms with E-state index in [1.165, 1.54) is 0 Å². The first-order valence-corrected chi connectivity index (χ1v) is 14.3. The van der Waals surface area contributed by atoms with Crippen LogP contribution in [0.5, 0.6) is 5.75 Å². The fourth-order valence-corrected chi connectivity index (χ4v) is 6.02. The maximum Gasteiger partial charge on any atom is 0.407 e. The first kappa shape index (κ1) is 27.6. The average Bonchev–Trinajstić information content (AvgIpc) is 3.41. The van der Waals surface area contributed by atoms with Gasteiger partial charge >= 0.3 is 6.09 Å². The quantitative estimate of drug-likeness (QED) is 0.367. The topological polar surface area (TPSA) is 120 Å². The van der Waals surface area contributed by atoms with Crippen LogP contribution in [0, 0.1) is 0 Å². The van der Waals surface area contributed by atoms with Crippen molar-refractivity contribution in [1.82, 2.24) is 24.3 Å². The van der Waals surface area contributed by atoms with Crippen molar-refractivity contribution in [1.29, 1.82) is 0 Å². The smallest absolute Gasteiger partial charge is 0.407 e. The number of nitrogens with zero attached hydrogens (tertiary/aromatic N) is 4. The van der Waals surface area contributed by atoms with Crippen LogP contribution in [0.4, 0.5) is 10.5 Å². The predicted octanol–water partition coefficient (Wildman–Crippen LogP) is 4.68. The molecule has 0 saturated carbocycles. The van der Waals surface area contributed by atoms with E-state index in [1.54, 1.807) is 24.1 Å². The maximum absolute atomic E-state index is 13.7. The van der Waals surface area contributed by atoms with E-state index in [4.69, 9.17) is 14.5 Å². The number of carbonyl (C=O) groups excluding carboxylic acids is 3. The lowest BCUT2D eigenvalue weighted by Gasteiger charge is -2.33. The third-order valence-electron chi connectivity index (χ3n) is 7.82. The molecule has 4 aromatic rings. The molecule has 11 nitrogen and oxygen atoms in total. The minimum atomic E-state index is -0.594. The Bertz CT molecular complexity index is 1730. The lowest BCUT2D eigenvalue weighted by molar-refractivity contribution is -0.116. The van der Waals surface area contributed by atoms with Gasteiger partial charge < -0.3 is 34.1 Å². The van der Waals surface area contributed by atoms with Gasteiger partial charge in [-0.1, -0.05) is 12.1 Å². The summed E-state index contributed by atoms with van der Waals surface area (Å²) < 4.78 is 15.3. The molecule has 1 atom stereocenters. The van der Waals surface area contributed by atoms with Gasteiger partial charge in [0.1, 0.15) is 16.9 Å². The largest absolute Gasteiger partial charge is 0.494 e. The van der Waals surface area contributed by atoms with Gasteiger partial charge in [-0.2, -0.15) is 0 Å². The van der Waals surface area contributed by atoms with E-state index < -0.39 is 11.7 Å². The van der Waals surface area contributed by atoms with E-state index >= 15 is 0 Å². The summed E-state index contributed by atoms with van der Waals surface area (Å²) in [6.07, 6.45) is 1.41. The molecule has 0 unspecified atom stereocenters. The molecule has 6 rings (SSSR count). The van der Waals surface area contributed by atoms with Crippen LogP contribution in [0.1, 0.15) is 50.4 Å². The van der Waals surface area contributed by atoms with Crippen LogP contribution in [-0.2, 0) is 23.1 Å². The maximum atomic E-state index is 13.7. The monoisotopic (exact) mass is 572 g/mol. The van der Waals surface area contributed by atoms with Crippen molar-refractivity contribution in [2.24, 2.45) is 7.05 Å². The molecule has 2 aliphatic rings. The number of benzene rings is 2. The van der Waals surface area contributed by atoms with E-state index in [9.17, 15) is 14.4 Å². The number of aromatic nitrogens is 3. The average molecular weight is 573 g/mol. The SMILES string of the molecule is COc1cc(C(=O)N2CCC[C@@H](NC(=O)OC(C)(C)C)C2)cc2nc(-c3cc4cccc5c4n3CCC(=O)N5)n(C)c12. The van der Waals surface area contributed by atoms with Gasteiger partial charge in [0, 0.05) is 50.1 Å².